The van der Waals surface area contributed by atoms with Gasteiger partial charge in [0, 0.05) is 32.3 Å². The Labute approximate surface area is 140 Å². The maximum absolute atomic E-state index is 11.9. The van der Waals surface area contributed by atoms with Gasteiger partial charge in [-0.15, -0.1) is 0 Å². The third kappa shape index (κ3) is 3.97. The summed E-state index contributed by atoms with van der Waals surface area (Å²) in [6, 6.07) is 6.69. The van der Waals surface area contributed by atoms with E-state index in [9.17, 15) is 9.59 Å². The molecule has 1 saturated heterocycles. The van der Waals surface area contributed by atoms with Gasteiger partial charge in [0.15, 0.2) is 0 Å². The maximum Gasteiger partial charge on any atom is 0.266 e. The molecule has 1 aliphatic heterocycles. The standard InChI is InChI=1S/C17H23N5O2/c1-13-3-5-17(24)22(18-13)11-14-7-9-21(10-8-14)12-15-4-6-16(23)20(2)19-15/h3-6,14H,7-12H2,1-2H3. The highest BCUT2D eigenvalue weighted by Gasteiger charge is 2.20. The minimum absolute atomic E-state index is 0.0302. The van der Waals surface area contributed by atoms with Crippen LogP contribution in [0.3, 0.4) is 0 Å². The van der Waals surface area contributed by atoms with Crippen LogP contribution in [-0.4, -0.2) is 37.6 Å². The number of piperidine rings is 1. The first-order valence-electron chi connectivity index (χ1n) is 8.31. The fourth-order valence-electron chi connectivity index (χ4n) is 3.12. The van der Waals surface area contributed by atoms with Crippen molar-refractivity contribution in [2.24, 2.45) is 13.0 Å². The van der Waals surface area contributed by atoms with Crippen molar-refractivity contribution < 1.29 is 0 Å². The van der Waals surface area contributed by atoms with Gasteiger partial charge < -0.3 is 0 Å². The predicted octanol–water partition coefficient (Wildman–Crippen LogP) is 0.558. The molecular weight excluding hydrogens is 306 g/mol. The maximum atomic E-state index is 11.9. The molecule has 0 spiro atoms. The van der Waals surface area contributed by atoms with Gasteiger partial charge in [-0.05, 0) is 50.9 Å². The molecule has 1 aliphatic rings. The van der Waals surface area contributed by atoms with E-state index in [1.54, 1.807) is 36.0 Å². The number of hydrogen-bond acceptors (Lipinski definition) is 5. The molecule has 24 heavy (non-hydrogen) atoms. The molecule has 0 N–H and O–H groups in total. The average Bonchev–Trinajstić information content (AvgIpc) is 2.56. The summed E-state index contributed by atoms with van der Waals surface area (Å²) in [6.07, 6.45) is 2.07. The monoisotopic (exact) mass is 329 g/mol. The summed E-state index contributed by atoms with van der Waals surface area (Å²) >= 11 is 0. The van der Waals surface area contributed by atoms with E-state index in [-0.39, 0.29) is 11.1 Å². The lowest BCUT2D eigenvalue weighted by atomic mass is 9.96. The van der Waals surface area contributed by atoms with E-state index in [1.165, 1.54) is 4.68 Å². The van der Waals surface area contributed by atoms with E-state index in [1.807, 2.05) is 6.92 Å². The van der Waals surface area contributed by atoms with Gasteiger partial charge in [-0.1, -0.05) is 0 Å². The summed E-state index contributed by atoms with van der Waals surface area (Å²) in [4.78, 5) is 25.6. The normalized spacial score (nSPS) is 16.4. The Morgan fingerprint density at radius 3 is 2.46 bits per heavy atom. The van der Waals surface area contributed by atoms with Crippen LogP contribution in [-0.2, 0) is 20.1 Å². The minimum atomic E-state index is -0.0893. The van der Waals surface area contributed by atoms with E-state index in [0.29, 0.717) is 12.5 Å². The average molecular weight is 329 g/mol. The van der Waals surface area contributed by atoms with Gasteiger partial charge in [-0.2, -0.15) is 10.2 Å². The molecule has 7 heteroatoms. The third-order valence-electron chi connectivity index (χ3n) is 4.54. The van der Waals surface area contributed by atoms with Gasteiger partial charge in [0.1, 0.15) is 0 Å². The Balaban J connectivity index is 1.55. The van der Waals surface area contributed by atoms with Crippen molar-refractivity contribution in [2.75, 3.05) is 13.1 Å². The van der Waals surface area contributed by atoms with Gasteiger partial charge in [0.2, 0.25) is 0 Å². The molecule has 0 radical (unpaired) electrons. The minimum Gasteiger partial charge on any atom is -0.297 e. The molecule has 0 unspecified atom stereocenters. The summed E-state index contributed by atoms with van der Waals surface area (Å²) in [5.74, 6) is 0.473. The quantitative estimate of drug-likeness (QED) is 0.819. The van der Waals surface area contributed by atoms with Crippen molar-refractivity contribution in [1.29, 1.82) is 0 Å². The molecule has 7 nitrogen and oxygen atoms in total. The molecule has 0 atom stereocenters. The van der Waals surface area contributed by atoms with Crippen LogP contribution in [0, 0.1) is 12.8 Å². The van der Waals surface area contributed by atoms with Crippen molar-refractivity contribution in [3.8, 4) is 0 Å². The molecule has 1 fully saturated rings. The van der Waals surface area contributed by atoms with Gasteiger partial charge >= 0.3 is 0 Å². The lowest BCUT2D eigenvalue weighted by Crippen LogP contribution is -2.37. The molecule has 2 aromatic heterocycles. The molecule has 0 saturated carbocycles. The van der Waals surface area contributed by atoms with Gasteiger partial charge in [-0.3, -0.25) is 14.5 Å². The molecule has 0 aliphatic carbocycles. The Hall–Kier alpha value is -2.28. The van der Waals surface area contributed by atoms with Crippen molar-refractivity contribution in [3.05, 3.63) is 56.4 Å². The van der Waals surface area contributed by atoms with Gasteiger partial charge in [-0.25, -0.2) is 9.36 Å². The SMILES string of the molecule is Cc1ccc(=O)n(CC2CCN(Cc3ccc(=O)n(C)n3)CC2)n1. The first-order valence-corrected chi connectivity index (χ1v) is 8.31. The lowest BCUT2D eigenvalue weighted by Gasteiger charge is -2.31. The van der Waals surface area contributed by atoms with Crippen LogP contribution in [0.5, 0.6) is 0 Å². The van der Waals surface area contributed by atoms with Crippen molar-refractivity contribution in [1.82, 2.24) is 24.5 Å². The smallest absolute Gasteiger partial charge is 0.266 e. The second-order valence-corrected chi connectivity index (χ2v) is 6.50. The Bertz CT molecular complexity index is 818. The van der Waals surface area contributed by atoms with Crippen LogP contribution in [0.2, 0.25) is 0 Å². The summed E-state index contributed by atoms with van der Waals surface area (Å²) < 4.78 is 2.96. The molecule has 3 rings (SSSR count). The van der Waals surface area contributed by atoms with Crippen LogP contribution in [0.4, 0.5) is 0 Å². The van der Waals surface area contributed by atoms with Gasteiger partial charge in [0.05, 0.1) is 11.4 Å². The molecule has 0 aromatic carbocycles. The fraction of sp³-hybridized carbons (Fsp3) is 0.529. The Kier molecular flexibility index (Phi) is 4.89. The zero-order chi connectivity index (χ0) is 17.1. The highest BCUT2D eigenvalue weighted by atomic mass is 16.1. The summed E-state index contributed by atoms with van der Waals surface area (Å²) in [6.45, 7) is 5.28. The number of likely N-dealkylation sites (tertiary alicyclic amines) is 1. The van der Waals surface area contributed by atoms with E-state index in [4.69, 9.17) is 0 Å². The summed E-state index contributed by atoms with van der Waals surface area (Å²) in [5, 5.41) is 8.60. The van der Waals surface area contributed by atoms with E-state index in [2.05, 4.69) is 15.1 Å². The van der Waals surface area contributed by atoms with Crippen LogP contribution in [0.1, 0.15) is 24.2 Å². The third-order valence-corrected chi connectivity index (χ3v) is 4.54. The fourth-order valence-corrected chi connectivity index (χ4v) is 3.12. The van der Waals surface area contributed by atoms with Crippen molar-refractivity contribution in [3.63, 3.8) is 0 Å². The number of hydrogen-bond donors (Lipinski definition) is 0. The van der Waals surface area contributed by atoms with Gasteiger partial charge in [0.25, 0.3) is 11.1 Å². The summed E-state index contributed by atoms with van der Waals surface area (Å²) in [5.41, 5.74) is 1.66. The van der Waals surface area contributed by atoms with E-state index in [0.717, 1.165) is 43.9 Å². The zero-order valence-corrected chi connectivity index (χ0v) is 14.2. The second kappa shape index (κ2) is 7.09. The summed E-state index contributed by atoms with van der Waals surface area (Å²) in [7, 11) is 1.67. The Morgan fingerprint density at radius 1 is 1.04 bits per heavy atom. The molecule has 2 aromatic rings. The van der Waals surface area contributed by atoms with Crippen LogP contribution in [0.15, 0.2) is 33.9 Å². The van der Waals surface area contributed by atoms with Crippen molar-refractivity contribution >= 4 is 0 Å². The molecule has 0 amide bonds. The number of aryl methyl sites for hydroxylation is 2. The molecule has 128 valence electrons. The Morgan fingerprint density at radius 2 is 1.75 bits per heavy atom. The lowest BCUT2D eigenvalue weighted by molar-refractivity contribution is 0.161. The zero-order valence-electron chi connectivity index (χ0n) is 14.2. The van der Waals surface area contributed by atoms with Crippen molar-refractivity contribution in [2.45, 2.75) is 32.9 Å². The van der Waals surface area contributed by atoms with Crippen LogP contribution in [0.25, 0.3) is 0 Å². The predicted molar refractivity (Wildman–Crippen MR) is 90.7 cm³/mol. The molecular formula is C17H23N5O2. The van der Waals surface area contributed by atoms with Crippen LogP contribution >= 0.6 is 0 Å². The molecule has 0 bridgehead atoms. The number of rotatable bonds is 4. The second-order valence-electron chi connectivity index (χ2n) is 6.50. The first-order chi connectivity index (χ1) is 11.5. The number of nitrogens with zero attached hydrogens (tertiary/aromatic N) is 5. The highest BCUT2D eigenvalue weighted by molar-refractivity contribution is 5.00. The molecule has 3 heterocycles. The highest BCUT2D eigenvalue weighted by Crippen LogP contribution is 2.19. The van der Waals surface area contributed by atoms with E-state index < -0.39 is 0 Å². The topological polar surface area (TPSA) is 73.0 Å². The first kappa shape index (κ1) is 16.6. The van der Waals surface area contributed by atoms with E-state index >= 15 is 0 Å². The number of aromatic nitrogens is 4. The largest absolute Gasteiger partial charge is 0.297 e. The van der Waals surface area contributed by atoms with Crippen LogP contribution < -0.4 is 11.1 Å².